The third-order valence-electron chi connectivity index (χ3n) is 5.44. The molecule has 2 aromatic heterocycles. The fraction of sp³-hybridized carbons (Fsp3) is 0.429. The summed E-state index contributed by atoms with van der Waals surface area (Å²) in [6.07, 6.45) is 1.95. The maximum absolute atomic E-state index is 12.8. The number of benzene rings is 1. The third-order valence-corrected chi connectivity index (χ3v) is 6.54. The lowest BCUT2D eigenvalue weighted by molar-refractivity contribution is -0.130. The van der Waals surface area contributed by atoms with Gasteiger partial charge in [-0.1, -0.05) is 23.5 Å². The van der Waals surface area contributed by atoms with Crippen molar-refractivity contribution in [1.82, 2.24) is 19.9 Å². The van der Waals surface area contributed by atoms with E-state index < -0.39 is 0 Å². The van der Waals surface area contributed by atoms with Gasteiger partial charge in [0.25, 0.3) is 0 Å². The lowest BCUT2D eigenvalue weighted by Crippen LogP contribution is -2.35. The van der Waals surface area contributed by atoms with Crippen molar-refractivity contribution >= 4 is 32.6 Å². The minimum atomic E-state index is -0.336. The van der Waals surface area contributed by atoms with E-state index in [1.165, 1.54) is 4.70 Å². The van der Waals surface area contributed by atoms with E-state index in [1.54, 1.807) is 11.3 Å². The number of thiazole rings is 1. The van der Waals surface area contributed by atoms with Gasteiger partial charge in [-0.3, -0.25) is 4.79 Å². The van der Waals surface area contributed by atoms with Crippen LogP contribution in [0.2, 0.25) is 0 Å². The molecule has 0 bridgehead atoms. The molecule has 1 amide bonds. The zero-order chi connectivity index (χ0) is 20.4. The summed E-state index contributed by atoms with van der Waals surface area (Å²) >= 11 is 1.71. The Bertz CT molecular complexity index is 1030. The number of nitrogens with zero attached hydrogens (tertiary/aromatic N) is 4. The van der Waals surface area contributed by atoms with E-state index in [2.05, 4.69) is 20.9 Å². The summed E-state index contributed by atoms with van der Waals surface area (Å²) in [5.74, 6) is 0.154. The molecule has 1 N–H and O–H groups in total. The number of hydrogen-bond acceptors (Lipinski definition) is 6. The number of carbonyl (C=O) groups is 1. The van der Waals surface area contributed by atoms with Crippen LogP contribution in [-0.2, 0) is 11.2 Å². The molecule has 1 fully saturated rings. The Morgan fingerprint density at radius 1 is 1.14 bits per heavy atom. The summed E-state index contributed by atoms with van der Waals surface area (Å²) in [5.41, 5.74) is 3.16. The van der Waals surface area contributed by atoms with Crippen LogP contribution in [0.4, 0.5) is 5.13 Å². The van der Waals surface area contributed by atoms with Crippen molar-refractivity contribution in [3.63, 3.8) is 0 Å². The maximum atomic E-state index is 12.8. The fourth-order valence-corrected chi connectivity index (χ4v) is 4.88. The zero-order valence-corrected chi connectivity index (χ0v) is 17.6. The number of fused-ring (bicyclic) bond motifs is 1. The summed E-state index contributed by atoms with van der Waals surface area (Å²) in [4.78, 5) is 39.9. The fourth-order valence-electron chi connectivity index (χ4n) is 3.87. The van der Waals surface area contributed by atoms with Gasteiger partial charge >= 0.3 is 5.69 Å². The SMILES string of the molecule is Cc1nc(=O)[nH]c(C)c1CCC(=O)N1CCCN(c2nc3ccccc3s2)CC1. The molecule has 3 aromatic rings. The molecule has 0 unspecified atom stereocenters. The van der Waals surface area contributed by atoms with E-state index in [1.807, 2.05) is 36.9 Å². The van der Waals surface area contributed by atoms with Gasteiger partial charge in [0.15, 0.2) is 5.13 Å². The molecule has 1 aromatic carbocycles. The Morgan fingerprint density at radius 2 is 1.97 bits per heavy atom. The lowest BCUT2D eigenvalue weighted by Gasteiger charge is -2.22. The highest BCUT2D eigenvalue weighted by Gasteiger charge is 2.21. The van der Waals surface area contributed by atoms with Gasteiger partial charge in [-0.2, -0.15) is 4.98 Å². The Balaban J connectivity index is 1.38. The Labute approximate surface area is 173 Å². The monoisotopic (exact) mass is 411 g/mol. The predicted octanol–water partition coefficient (Wildman–Crippen LogP) is 2.67. The Morgan fingerprint density at radius 3 is 2.76 bits per heavy atom. The molecule has 0 aliphatic carbocycles. The van der Waals surface area contributed by atoms with Crippen molar-refractivity contribution in [2.75, 3.05) is 31.1 Å². The topological polar surface area (TPSA) is 82.2 Å². The number of amides is 1. The summed E-state index contributed by atoms with van der Waals surface area (Å²) in [7, 11) is 0. The number of carbonyl (C=O) groups excluding carboxylic acids is 1. The molecule has 1 aliphatic heterocycles. The number of H-pyrrole nitrogens is 1. The van der Waals surface area contributed by atoms with Gasteiger partial charge in [-0.25, -0.2) is 9.78 Å². The average Bonchev–Trinajstić information content (AvgIpc) is 2.96. The molecule has 0 spiro atoms. The average molecular weight is 412 g/mol. The number of aromatic amines is 1. The quantitative estimate of drug-likeness (QED) is 0.714. The predicted molar refractivity (Wildman–Crippen MR) is 116 cm³/mol. The first kappa shape index (κ1) is 19.6. The number of anilines is 1. The van der Waals surface area contributed by atoms with Crippen molar-refractivity contribution in [3.8, 4) is 0 Å². The molecule has 29 heavy (non-hydrogen) atoms. The van der Waals surface area contributed by atoms with Crippen LogP contribution in [0.5, 0.6) is 0 Å². The van der Waals surface area contributed by atoms with Crippen LogP contribution in [-0.4, -0.2) is 51.9 Å². The van der Waals surface area contributed by atoms with Crippen molar-refractivity contribution in [2.45, 2.75) is 33.1 Å². The van der Waals surface area contributed by atoms with Gasteiger partial charge in [0.2, 0.25) is 5.91 Å². The maximum Gasteiger partial charge on any atom is 0.345 e. The lowest BCUT2D eigenvalue weighted by atomic mass is 10.1. The molecule has 152 valence electrons. The first-order valence-electron chi connectivity index (χ1n) is 9.96. The van der Waals surface area contributed by atoms with Crippen LogP contribution < -0.4 is 10.6 Å². The standard InChI is InChI=1S/C21H25N5O2S/c1-14-16(15(2)23-20(28)22-14)8-9-19(27)25-10-5-11-26(13-12-25)21-24-17-6-3-4-7-18(17)29-21/h3-4,6-7H,5,8-13H2,1-2H3,(H,22,23,28). The normalized spacial score (nSPS) is 15.0. The van der Waals surface area contributed by atoms with Crippen LogP contribution >= 0.6 is 11.3 Å². The van der Waals surface area contributed by atoms with Gasteiger partial charge in [0, 0.05) is 44.0 Å². The van der Waals surface area contributed by atoms with Crippen molar-refractivity contribution in [3.05, 3.63) is 51.7 Å². The minimum Gasteiger partial charge on any atom is -0.346 e. The summed E-state index contributed by atoms with van der Waals surface area (Å²) in [5, 5.41) is 1.03. The number of aryl methyl sites for hydroxylation is 2. The van der Waals surface area contributed by atoms with Gasteiger partial charge in [-0.05, 0) is 44.4 Å². The number of nitrogens with one attached hydrogen (secondary N) is 1. The van der Waals surface area contributed by atoms with Crippen LogP contribution in [0.25, 0.3) is 10.2 Å². The van der Waals surface area contributed by atoms with E-state index in [9.17, 15) is 9.59 Å². The summed E-state index contributed by atoms with van der Waals surface area (Å²) < 4.78 is 1.19. The van der Waals surface area contributed by atoms with Gasteiger partial charge in [-0.15, -0.1) is 0 Å². The molecule has 0 radical (unpaired) electrons. The molecule has 1 saturated heterocycles. The second-order valence-electron chi connectivity index (χ2n) is 7.42. The molecule has 0 atom stereocenters. The summed E-state index contributed by atoms with van der Waals surface area (Å²) in [6, 6.07) is 8.18. The second kappa shape index (κ2) is 8.32. The zero-order valence-electron chi connectivity index (χ0n) is 16.8. The van der Waals surface area contributed by atoms with Gasteiger partial charge in [0.05, 0.1) is 10.2 Å². The number of para-hydroxylation sites is 1. The molecule has 4 rings (SSSR count). The molecular formula is C21H25N5O2S. The first-order valence-corrected chi connectivity index (χ1v) is 10.8. The number of aromatic nitrogens is 3. The van der Waals surface area contributed by atoms with Crippen LogP contribution in [0.15, 0.2) is 29.1 Å². The number of rotatable bonds is 4. The van der Waals surface area contributed by atoms with E-state index in [-0.39, 0.29) is 11.6 Å². The Kier molecular flexibility index (Phi) is 5.62. The highest BCUT2D eigenvalue weighted by molar-refractivity contribution is 7.22. The minimum absolute atomic E-state index is 0.154. The molecular weight excluding hydrogens is 386 g/mol. The van der Waals surface area contributed by atoms with Crippen LogP contribution in [0.3, 0.4) is 0 Å². The van der Waals surface area contributed by atoms with Gasteiger partial charge in [0.1, 0.15) is 0 Å². The molecule has 1 aliphatic rings. The van der Waals surface area contributed by atoms with Crippen LogP contribution in [0, 0.1) is 13.8 Å². The van der Waals surface area contributed by atoms with E-state index >= 15 is 0 Å². The molecule has 8 heteroatoms. The second-order valence-corrected chi connectivity index (χ2v) is 8.43. The van der Waals surface area contributed by atoms with E-state index in [0.717, 1.165) is 48.0 Å². The van der Waals surface area contributed by atoms with Crippen molar-refractivity contribution in [2.24, 2.45) is 0 Å². The smallest absolute Gasteiger partial charge is 0.345 e. The van der Waals surface area contributed by atoms with Gasteiger partial charge < -0.3 is 14.8 Å². The highest BCUT2D eigenvalue weighted by Crippen LogP contribution is 2.29. The van der Waals surface area contributed by atoms with Crippen LogP contribution in [0.1, 0.15) is 29.8 Å². The van der Waals surface area contributed by atoms with E-state index in [4.69, 9.17) is 4.98 Å². The largest absolute Gasteiger partial charge is 0.346 e. The summed E-state index contributed by atoms with van der Waals surface area (Å²) in [6.45, 7) is 6.86. The van der Waals surface area contributed by atoms with E-state index in [0.29, 0.717) is 25.1 Å². The molecule has 7 nitrogen and oxygen atoms in total. The molecule has 0 saturated carbocycles. The number of hydrogen-bond donors (Lipinski definition) is 1. The first-order chi connectivity index (χ1) is 14.0. The molecule has 3 heterocycles. The Hall–Kier alpha value is -2.74. The van der Waals surface area contributed by atoms with Crippen molar-refractivity contribution in [1.29, 1.82) is 0 Å². The highest BCUT2D eigenvalue weighted by atomic mass is 32.1. The third kappa shape index (κ3) is 4.32. The van der Waals surface area contributed by atoms with Crippen molar-refractivity contribution < 1.29 is 4.79 Å².